The number of halogens is 1. The molecule has 1 aliphatic heterocycles. The smallest absolute Gasteiger partial charge is 0.280 e. The Labute approximate surface area is 243 Å². The van der Waals surface area contributed by atoms with Crippen LogP contribution >= 0.6 is 11.3 Å². The molecule has 2 N–H and O–H groups in total. The van der Waals surface area contributed by atoms with Crippen LogP contribution in [0.1, 0.15) is 67.0 Å². The predicted molar refractivity (Wildman–Crippen MR) is 154 cm³/mol. The summed E-state index contributed by atoms with van der Waals surface area (Å²) in [6, 6.07) is 2.71. The van der Waals surface area contributed by atoms with Crippen LogP contribution in [0.4, 0.5) is 10.1 Å². The Hall–Kier alpha value is -3.23. The molecule has 0 aromatic carbocycles. The summed E-state index contributed by atoms with van der Waals surface area (Å²) in [5.74, 6) is -0.0138. The molecular weight excluding hydrogens is 569 g/mol. The van der Waals surface area contributed by atoms with Gasteiger partial charge in [-0.2, -0.15) is 0 Å². The van der Waals surface area contributed by atoms with E-state index in [9.17, 15) is 17.6 Å². The molecule has 11 nitrogen and oxygen atoms in total. The van der Waals surface area contributed by atoms with E-state index in [-0.39, 0.29) is 5.01 Å². The number of carbonyl (C=O) groups excluding carboxylic acids is 1. The summed E-state index contributed by atoms with van der Waals surface area (Å²) in [5.41, 5.74) is 1.45. The van der Waals surface area contributed by atoms with E-state index in [2.05, 4.69) is 30.0 Å². The number of rotatable bonds is 12. The minimum atomic E-state index is -3.53. The standard InChI is InChI=1S/C27H34FN7O4S2/c1-2-39-25-16-29-14-23(32-25)24-15-31-27(40-24)26(36)33-21(9-12-35-11-8-18(28)17-35)22-13-19(7-10-30-22)34-41(37,38)20-5-3-4-6-20/h7,10,13-16,18,20-21H,2-6,8-9,11-12,17H2,1H3,(H,30,34)(H,33,36)/t18-,21+/m1/s1. The summed E-state index contributed by atoms with van der Waals surface area (Å²) >= 11 is 1.17. The van der Waals surface area contributed by atoms with Crippen molar-refractivity contribution in [2.45, 2.75) is 62.9 Å². The normalized spacial score (nSPS) is 18.8. The van der Waals surface area contributed by atoms with Gasteiger partial charge in [0.25, 0.3) is 5.91 Å². The average Bonchev–Trinajstić information content (AvgIpc) is 3.74. The second-order valence-corrected chi connectivity index (χ2v) is 13.2. The van der Waals surface area contributed by atoms with Gasteiger partial charge in [0, 0.05) is 32.0 Å². The summed E-state index contributed by atoms with van der Waals surface area (Å²) in [6.07, 6.45) is 9.39. The maximum Gasteiger partial charge on any atom is 0.280 e. The van der Waals surface area contributed by atoms with Gasteiger partial charge in [0.05, 0.1) is 46.6 Å². The Morgan fingerprint density at radius 2 is 2.05 bits per heavy atom. The molecule has 2 aliphatic rings. The molecule has 0 bridgehead atoms. The first-order valence-corrected chi connectivity index (χ1v) is 16.2. The number of aromatic nitrogens is 4. The predicted octanol–water partition coefficient (Wildman–Crippen LogP) is 3.98. The molecule has 41 heavy (non-hydrogen) atoms. The monoisotopic (exact) mass is 603 g/mol. The van der Waals surface area contributed by atoms with Crippen LogP contribution in [0.5, 0.6) is 5.88 Å². The lowest BCUT2D eigenvalue weighted by molar-refractivity contribution is 0.0930. The number of amides is 1. The summed E-state index contributed by atoms with van der Waals surface area (Å²) in [6.45, 7) is 3.86. The molecule has 1 amide bonds. The molecule has 2 atom stereocenters. The van der Waals surface area contributed by atoms with Gasteiger partial charge in [-0.1, -0.05) is 12.8 Å². The van der Waals surface area contributed by atoms with Crippen molar-refractivity contribution in [2.24, 2.45) is 0 Å². The van der Waals surface area contributed by atoms with Crippen LogP contribution in [0.15, 0.2) is 36.9 Å². The third-order valence-corrected chi connectivity index (χ3v) is 10.1. The molecule has 2 fully saturated rings. The molecule has 5 rings (SSSR count). The number of likely N-dealkylation sites (tertiary alicyclic amines) is 1. The number of sulfonamides is 1. The molecule has 0 unspecified atom stereocenters. The minimum absolute atomic E-state index is 0.233. The van der Waals surface area contributed by atoms with E-state index in [1.807, 2.05) is 11.8 Å². The molecule has 3 aromatic heterocycles. The zero-order valence-corrected chi connectivity index (χ0v) is 24.5. The van der Waals surface area contributed by atoms with E-state index < -0.39 is 33.4 Å². The Bertz CT molecular complexity index is 1450. The van der Waals surface area contributed by atoms with Crippen molar-refractivity contribution < 1.29 is 22.3 Å². The van der Waals surface area contributed by atoms with Crippen molar-refractivity contribution in [3.8, 4) is 16.5 Å². The van der Waals surface area contributed by atoms with E-state index >= 15 is 0 Å². The zero-order valence-electron chi connectivity index (χ0n) is 22.8. The van der Waals surface area contributed by atoms with Crippen molar-refractivity contribution in [3.63, 3.8) is 0 Å². The Balaban J connectivity index is 1.33. The van der Waals surface area contributed by atoms with Crippen LogP contribution in [0.25, 0.3) is 10.6 Å². The van der Waals surface area contributed by atoms with Gasteiger partial charge in [-0.25, -0.2) is 22.8 Å². The first-order chi connectivity index (χ1) is 19.8. The quantitative estimate of drug-likeness (QED) is 0.315. The highest BCUT2D eigenvalue weighted by Crippen LogP contribution is 2.29. The van der Waals surface area contributed by atoms with Crippen molar-refractivity contribution in [1.29, 1.82) is 0 Å². The maximum absolute atomic E-state index is 13.8. The Morgan fingerprint density at radius 3 is 2.80 bits per heavy atom. The van der Waals surface area contributed by atoms with Gasteiger partial charge in [-0.05, 0) is 44.7 Å². The lowest BCUT2D eigenvalue weighted by atomic mass is 10.1. The van der Waals surface area contributed by atoms with Gasteiger partial charge in [0.1, 0.15) is 11.9 Å². The van der Waals surface area contributed by atoms with E-state index in [0.717, 1.165) is 12.8 Å². The summed E-state index contributed by atoms with van der Waals surface area (Å²) in [5, 5.41) is 2.84. The van der Waals surface area contributed by atoms with Crippen molar-refractivity contribution in [2.75, 3.05) is 31.0 Å². The number of carbonyl (C=O) groups is 1. The molecule has 1 aliphatic carbocycles. The maximum atomic E-state index is 13.8. The van der Waals surface area contributed by atoms with E-state index in [1.165, 1.54) is 23.7 Å². The number of nitrogens with zero attached hydrogens (tertiary/aromatic N) is 5. The van der Waals surface area contributed by atoms with Gasteiger partial charge in [0.15, 0.2) is 5.01 Å². The number of ether oxygens (including phenoxy) is 1. The highest BCUT2D eigenvalue weighted by molar-refractivity contribution is 7.93. The minimum Gasteiger partial charge on any atom is -0.477 e. The molecule has 3 aromatic rings. The lowest BCUT2D eigenvalue weighted by Crippen LogP contribution is -2.33. The first-order valence-electron chi connectivity index (χ1n) is 13.9. The molecule has 4 heterocycles. The van der Waals surface area contributed by atoms with Crippen LogP contribution in [-0.2, 0) is 10.0 Å². The molecule has 220 valence electrons. The van der Waals surface area contributed by atoms with Crippen molar-refractivity contribution in [1.82, 2.24) is 30.2 Å². The topological polar surface area (TPSA) is 139 Å². The van der Waals surface area contributed by atoms with E-state index in [4.69, 9.17) is 4.74 Å². The van der Waals surface area contributed by atoms with Crippen molar-refractivity contribution >= 4 is 33.0 Å². The third-order valence-electron chi connectivity index (χ3n) is 7.25. The van der Waals surface area contributed by atoms with E-state index in [1.54, 1.807) is 24.5 Å². The number of hydrogen-bond donors (Lipinski definition) is 2. The van der Waals surface area contributed by atoms with Crippen molar-refractivity contribution in [3.05, 3.63) is 47.6 Å². The third kappa shape index (κ3) is 7.54. The van der Waals surface area contributed by atoms with Crippen LogP contribution < -0.4 is 14.8 Å². The fourth-order valence-electron chi connectivity index (χ4n) is 5.14. The highest BCUT2D eigenvalue weighted by Gasteiger charge is 2.29. The highest BCUT2D eigenvalue weighted by atomic mass is 32.2. The summed E-state index contributed by atoms with van der Waals surface area (Å²) < 4.78 is 47.7. The van der Waals surface area contributed by atoms with Crippen LogP contribution in [0, 0.1) is 0 Å². The number of nitrogens with one attached hydrogen (secondary N) is 2. The molecular formula is C27H34FN7O4S2. The number of thiazole rings is 1. The molecule has 1 saturated heterocycles. The number of hydrogen-bond acceptors (Lipinski definition) is 10. The molecule has 0 radical (unpaired) electrons. The second kappa shape index (κ2) is 13.2. The summed E-state index contributed by atoms with van der Waals surface area (Å²) in [4.78, 5) is 33.3. The number of pyridine rings is 1. The number of alkyl halides is 1. The lowest BCUT2D eigenvalue weighted by Gasteiger charge is -2.22. The van der Waals surface area contributed by atoms with Gasteiger partial charge in [-0.15, -0.1) is 11.3 Å². The zero-order chi connectivity index (χ0) is 28.8. The van der Waals surface area contributed by atoms with Gasteiger partial charge in [-0.3, -0.25) is 19.5 Å². The first kappa shape index (κ1) is 29.3. The van der Waals surface area contributed by atoms with Crippen LogP contribution in [0.2, 0.25) is 0 Å². The fourth-order valence-corrected chi connectivity index (χ4v) is 7.49. The van der Waals surface area contributed by atoms with Gasteiger partial charge in [0.2, 0.25) is 15.9 Å². The average molecular weight is 604 g/mol. The second-order valence-electron chi connectivity index (χ2n) is 10.2. The largest absolute Gasteiger partial charge is 0.477 e. The van der Waals surface area contributed by atoms with Gasteiger partial charge >= 0.3 is 0 Å². The van der Waals surface area contributed by atoms with E-state index in [0.29, 0.717) is 79.8 Å². The summed E-state index contributed by atoms with van der Waals surface area (Å²) in [7, 11) is -3.53. The number of anilines is 1. The Kier molecular flexibility index (Phi) is 9.40. The molecule has 1 saturated carbocycles. The molecule has 0 spiro atoms. The molecule has 14 heteroatoms. The Morgan fingerprint density at radius 1 is 1.22 bits per heavy atom. The van der Waals surface area contributed by atoms with Gasteiger partial charge < -0.3 is 15.0 Å². The van der Waals surface area contributed by atoms with Crippen LogP contribution in [0.3, 0.4) is 0 Å². The fraction of sp³-hybridized carbons (Fsp3) is 0.519. The SMILES string of the molecule is CCOc1cncc(-c2cnc(C(=O)N[C@@H](CCN3CC[C@@H](F)C3)c3cc(NS(=O)(=O)C4CCCC4)ccn3)s2)n1. The van der Waals surface area contributed by atoms with Crippen LogP contribution in [-0.4, -0.2) is 76.8 Å².